The summed E-state index contributed by atoms with van der Waals surface area (Å²) in [7, 11) is 1.78. The fourth-order valence-corrected chi connectivity index (χ4v) is 3.31. The van der Waals surface area contributed by atoms with Gasteiger partial charge in [-0.3, -0.25) is 0 Å². The molecule has 0 aliphatic carbocycles. The lowest BCUT2D eigenvalue weighted by Gasteiger charge is -2.21. The van der Waals surface area contributed by atoms with Crippen LogP contribution in [-0.2, 0) is 18.4 Å². The van der Waals surface area contributed by atoms with Crippen LogP contribution < -0.4 is 0 Å². The summed E-state index contributed by atoms with van der Waals surface area (Å²) < 4.78 is 57.8. The van der Waals surface area contributed by atoms with Crippen molar-refractivity contribution in [1.82, 2.24) is 4.57 Å². The third kappa shape index (κ3) is 3.47. The number of benzene rings is 1. The van der Waals surface area contributed by atoms with Gasteiger partial charge in [-0.2, -0.15) is 13.2 Å². The zero-order valence-corrected chi connectivity index (χ0v) is 15.4. The van der Waals surface area contributed by atoms with Crippen molar-refractivity contribution >= 4 is 28.0 Å². The van der Waals surface area contributed by atoms with E-state index in [-0.39, 0.29) is 5.56 Å². The van der Waals surface area contributed by atoms with Crippen molar-refractivity contribution in [2.45, 2.75) is 45.5 Å². The Bertz CT molecular complexity index is 801. The first-order valence-corrected chi connectivity index (χ1v) is 8.58. The minimum Gasteiger partial charge on any atom is -0.591 e. The van der Waals surface area contributed by atoms with Crippen molar-refractivity contribution in [3.05, 3.63) is 35.0 Å². The van der Waals surface area contributed by atoms with Gasteiger partial charge in [-0.25, -0.2) is 0 Å². The van der Waals surface area contributed by atoms with Gasteiger partial charge in [0.25, 0.3) is 0 Å². The van der Waals surface area contributed by atoms with Crippen LogP contribution in [0.15, 0.2) is 22.7 Å². The van der Waals surface area contributed by atoms with Gasteiger partial charge in [-0.05, 0) is 51.8 Å². The van der Waals surface area contributed by atoms with Crippen LogP contribution in [0.5, 0.6) is 0 Å². The predicted octanol–water partition coefficient (Wildman–Crippen LogP) is 4.61. The molecule has 0 bridgehead atoms. The van der Waals surface area contributed by atoms with Crippen LogP contribution >= 0.6 is 0 Å². The summed E-state index contributed by atoms with van der Waals surface area (Å²) in [5.41, 5.74) is 0.991. The molecule has 24 heavy (non-hydrogen) atoms. The molecule has 1 aromatic heterocycles. The van der Waals surface area contributed by atoms with E-state index < -0.39 is 28.0 Å². The molecule has 1 aromatic carbocycles. The lowest BCUT2D eigenvalue weighted by Crippen LogP contribution is -2.32. The van der Waals surface area contributed by atoms with E-state index in [1.165, 1.54) is 0 Å². The quantitative estimate of drug-likeness (QED) is 0.571. The summed E-state index contributed by atoms with van der Waals surface area (Å²) in [6.07, 6.45) is -2.97. The molecule has 0 saturated heterocycles. The molecular formula is C17H21F3N2OS. The number of halogens is 3. The first-order chi connectivity index (χ1) is 10.8. The van der Waals surface area contributed by atoms with Gasteiger partial charge in [0.05, 0.1) is 5.52 Å². The van der Waals surface area contributed by atoms with Crippen molar-refractivity contribution in [3.63, 3.8) is 0 Å². The molecule has 3 nitrogen and oxygen atoms in total. The molecule has 0 aliphatic rings. The number of aryl methyl sites for hydroxylation is 3. The molecule has 7 heteroatoms. The van der Waals surface area contributed by atoms with Gasteiger partial charge in [0.2, 0.25) is 5.71 Å². The van der Waals surface area contributed by atoms with Crippen molar-refractivity contribution in [2.75, 3.05) is 0 Å². The van der Waals surface area contributed by atoms with Crippen molar-refractivity contribution in [3.8, 4) is 0 Å². The highest BCUT2D eigenvalue weighted by Crippen LogP contribution is 2.34. The maximum atomic E-state index is 13.7. The number of hydrogen-bond acceptors (Lipinski definition) is 2. The first-order valence-electron chi connectivity index (χ1n) is 7.47. The lowest BCUT2D eigenvalue weighted by molar-refractivity contribution is -0.0578. The molecule has 1 heterocycles. The lowest BCUT2D eigenvalue weighted by atomic mass is 9.96. The highest BCUT2D eigenvalue weighted by Gasteiger charge is 2.42. The number of rotatable bonds is 2. The van der Waals surface area contributed by atoms with Crippen LogP contribution in [0.4, 0.5) is 13.2 Å². The van der Waals surface area contributed by atoms with Gasteiger partial charge in [0.1, 0.15) is 16.1 Å². The fraction of sp³-hybridized carbons (Fsp3) is 0.471. The van der Waals surface area contributed by atoms with Crippen LogP contribution in [0.3, 0.4) is 0 Å². The van der Waals surface area contributed by atoms with Crippen LogP contribution in [0, 0.1) is 13.8 Å². The van der Waals surface area contributed by atoms with Gasteiger partial charge in [0, 0.05) is 24.2 Å². The Morgan fingerprint density at radius 2 is 1.75 bits per heavy atom. The summed E-state index contributed by atoms with van der Waals surface area (Å²) >= 11 is -2.00. The third-order valence-electron chi connectivity index (χ3n) is 3.75. The summed E-state index contributed by atoms with van der Waals surface area (Å²) in [6, 6.07) is 3.35. The molecule has 0 saturated carbocycles. The standard InChI is InChI=1S/C17H21F3N2OS/c1-10-9-11(2)14-12(7-8-22(14)6)13(10)15(17(18,19)20)21-24(23)16(3,4)5/h7-9H,1-6H3/b21-15-. The number of nitrogens with zero attached hydrogens (tertiary/aromatic N) is 2. The maximum absolute atomic E-state index is 13.7. The van der Waals surface area contributed by atoms with E-state index in [4.69, 9.17) is 0 Å². The van der Waals surface area contributed by atoms with E-state index in [2.05, 4.69) is 4.40 Å². The number of alkyl halides is 3. The normalized spacial score (nSPS) is 15.2. The van der Waals surface area contributed by atoms with Crippen LogP contribution in [-0.4, -0.2) is 25.8 Å². The summed E-state index contributed by atoms with van der Waals surface area (Å²) in [4.78, 5) is 0. The molecule has 0 aliphatic heterocycles. The molecule has 0 fully saturated rings. The van der Waals surface area contributed by atoms with Crippen LogP contribution in [0.2, 0.25) is 0 Å². The van der Waals surface area contributed by atoms with Crippen molar-refractivity contribution in [1.29, 1.82) is 0 Å². The van der Waals surface area contributed by atoms with Gasteiger partial charge in [-0.15, -0.1) is 0 Å². The van der Waals surface area contributed by atoms with E-state index in [1.807, 2.05) is 6.92 Å². The predicted molar refractivity (Wildman–Crippen MR) is 92.9 cm³/mol. The Balaban J connectivity index is 2.82. The average molecular weight is 358 g/mol. The minimum atomic E-state index is -4.69. The molecule has 0 amide bonds. The Morgan fingerprint density at radius 3 is 2.25 bits per heavy atom. The Hall–Kier alpha value is -1.47. The van der Waals surface area contributed by atoms with Crippen LogP contribution in [0.25, 0.3) is 10.9 Å². The Kier molecular flexibility index (Phi) is 4.80. The number of hydrogen-bond donors (Lipinski definition) is 0. The van der Waals surface area contributed by atoms with E-state index in [0.29, 0.717) is 16.5 Å². The molecule has 1 unspecified atom stereocenters. The second-order valence-corrected chi connectivity index (χ2v) is 8.78. The third-order valence-corrected chi connectivity index (χ3v) is 5.14. The monoisotopic (exact) mass is 358 g/mol. The van der Waals surface area contributed by atoms with Crippen molar-refractivity contribution in [2.24, 2.45) is 11.4 Å². The Labute approximate surface area is 142 Å². The smallest absolute Gasteiger partial charge is 0.438 e. The highest BCUT2D eigenvalue weighted by atomic mass is 32.2. The van der Waals surface area contributed by atoms with E-state index >= 15 is 0 Å². The summed E-state index contributed by atoms with van der Waals surface area (Å²) in [6.45, 7) is 8.27. The fourth-order valence-electron chi connectivity index (χ4n) is 2.67. The largest absolute Gasteiger partial charge is 0.591 e. The van der Waals surface area contributed by atoms with Gasteiger partial charge in [0.15, 0.2) is 0 Å². The van der Waals surface area contributed by atoms with Crippen LogP contribution in [0.1, 0.15) is 37.5 Å². The van der Waals surface area contributed by atoms with Gasteiger partial charge >= 0.3 is 6.18 Å². The first kappa shape index (κ1) is 18.9. The molecule has 0 radical (unpaired) electrons. The average Bonchev–Trinajstić information content (AvgIpc) is 2.77. The number of aromatic nitrogens is 1. The highest BCUT2D eigenvalue weighted by molar-refractivity contribution is 7.91. The Morgan fingerprint density at radius 1 is 1.17 bits per heavy atom. The molecule has 0 N–H and O–H groups in total. The van der Waals surface area contributed by atoms with Gasteiger partial charge < -0.3 is 9.12 Å². The second-order valence-electron chi connectivity index (χ2n) is 6.87. The van der Waals surface area contributed by atoms with Gasteiger partial charge in [-0.1, -0.05) is 10.5 Å². The maximum Gasteiger partial charge on any atom is 0.438 e. The van der Waals surface area contributed by atoms with E-state index in [9.17, 15) is 17.7 Å². The zero-order valence-electron chi connectivity index (χ0n) is 14.6. The molecular weight excluding hydrogens is 337 g/mol. The summed E-state index contributed by atoms with van der Waals surface area (Å²) in [5, 5.41) is 0.469. The SMILES string of the molecule is Cc1cc(C)c2c(ccn2C)c1/C(=N/[S+]([O-])C(C)(C)C)C(F)(F)F. The summed E-state index contributed by atoms with van der Waals surface area (Å²) in [5.74, 6) is 0. The molecule has 2 rings (SSSR count). The molecule has 0 spiro atoms. The second kappa shape index (κ2) is 6.11. The van der Waals surface area contributed by atoms with Crippen molar-refractivity contribution < 1.29 is 17.7 Å². The number of fused-ring (bicyclic) bond motifs is 1. The van der Waals surface area contributed by atoms with E-state index in [1.54, 1.807) is 57.6 Å². The molecule has 132 valence electrons. The molecule has 1 atom stereocenters. The van der Waals surface area contributed by atoms with E-state index in [0.717, 1.165) is 5.56 Å². The topological polar surface area (TPSA) is 40.3 Å². The zero-order chi connectivity index (χ0) is 18.4. The minimum absolute atomic E-state index is 0.00120. The molecule has 2 aromatic rings.